The molecule has 0 spiro atoms. The Morgan fingerprint density at radius 2 is 2.21 bits per heavy atom. The average Bonchev–Trinajstić information content (AvgIpc) is 3.02. The van der Waals surface area contributed by atoms with Gasteiger partial charge in [0, 0.05) is 17.2 Å². The number of nitrogens with two attached hydrogens (primary N) is 1. The highest BCUT2D eigenvalue weighted by atomic mass is 32.2. The maximum atomic E-state index is 5.69. The third-order valence-corrected chi connectivity index (χ3v) is 4.70. The Bertz CT molecular complexity index is 532. The van der Waals surface area contributed by atoms with Gasteiger partial charge in [0.25, 0.3) is 0 Å². The van der Waals surface area contributed by atoms with Crippen molar-refractivity contribution in [3.8, 4) is 0 Å². The van der Waals surface area contributed by atoms with Crippen LogP contribution < -0.4 is 5.73 Å². The highest BCUT2D eigenvalue weighted by molar-refractivity contribution is 7.98. The van der Waals surface area contributed by atoms with Crippen molar-refractivity contribution in [1.29, 1.82) is 0 Å². The molecular formula is C12H19N5S2. The van der Waals surface area contributed by atoms with E-state index in [2.05, 4.69) is 45.9 Å². The van der Waals surface area contributed by atoms with E-state index in [0.717, 1.165) is 28.8 Å². The monoisotopic (exact) mass is 297 g/mol. The topological polar surface area (TPSA) is 69.6 Å². The summed E-state index contributed by atoms with van der Waals surface area (Å²) >= 11 is 3.38. The fourth-order valence-corrected chi connectivity index (χ4v) is 3.61. The number of nitrogens with zero attached hydrogens (tertiary/aromatic N) is 4. The van der Waals surface area contributed by atoms with Crippen molar-refractivity contribution in [1.82, 2.24) is 19.7 Å². The van der Waals surface area contributed by atoms with E-state index in [1.54, 1.807) is 23.1 Å². The summed E-state index contributed by atoms with van der Waals surface area (Å²) in [6.07, 6.45) is 0.995. The fourth-order valence-electron chi connectivity index (χ4n) is 1.78. The summed E-state index contributed by atoms with van der Waals surface area (Å²) in [7, 11) is 0. The van der Waals surface area contributed by atoms with Gasteiger partial charge in [-0.25, -0.2) is 4.98 Å². The predicted octanol–water partition coefficient (Wildman–Crippen LogP) is 2.63. The molecule has 0 atom stereocenters. The van der Waals surface area contributed by atoms with Gasteiger partial charge in [-0.05, 0) is 20.3 Å². The zero-order chi connectivity index (χ0) is 13.8. The molecule has 0 aromatic carbocycles. The van der Waals surface area contributed by atoms with Crippen LogP contribution in [-0.4, -0.2) is 19.7 Å². The van der Waals surface area contributed by atoms with Crippen LogP contribution in [0.2, 0.25) is 0 Å². The minimum Gasteiger partial charge on any atom is -0.324 e. The van der Waals surface area contributed by atoms with Crippen molar-refractivity contribution >= 4 is 23.1 Å². The summed E-state index contributed by atoms with van der Waals surface area (Å²) in [5.41, 5.74) is 6.80. The molecule has 0 aliphatic carbocycles. The lowest BCUT2D eigenvalue weighted by atomic mass is 10.4. The summed E-state index contributed by atoms with van der Waals surface area (Å²) in [6, 6.07) is 0.317. The number of aryl methyl sites for hydroxylation is 1. The van der Waals surface area contributed by atoms with E-state index in [1.165, 1.54) is 5.01 Å². The second-order valence-electron chi connectivity index (χ2n) is 4.44. The molecule has 0 radical (unpaired) electrons. The van der Waals surface area contributed by atoms with E-state index in [0.29, 0.717) is 12.6 Å². The first-order valence-corrected chi connectivity index (χ1v) is 8.22. The highest BCUT2D eigenvalue weighted by Gasteiger charge is 2.14. The van der Waals surface area contributed by atoms with E-state index in [1.807, 2.05) is 0 Å². The van der Waals surface area contributed by atoms with Crippen LogP contribution in [-0.2, 0) is 18.7 Å². The minimum absolute atomic E-state index is 0.317. The number of thiazole rings is 1. The first-order chi connectivity index (χ1) is 9.15. The maximum Gasteiger partial charge on any atom is 0.191 e. The van der Waals surface area contributed by atoms with Gasteiger partial charge in [0.15, 0.2) is 5.16 Å². The van der Waals surface area contributed by atoms with Crippen molar-refractivity contribution in [2.75, 3.05) is 0 Å². The van der Waals surface area contributed by atoms with Gasteiger partial charge < -0.3 is 10.3 Å². The van der Waals surface area contributed by atoms with Gasteiger partial charge in [0.05, 0.1) is 17.2 Å². The van der Waals surface area contributed by atoms with E-state index < -0.39 is 0 Å². The standard InChI is InChI=1S/C12H19N5S2/c1-4-11-14-9(6-18-11)7-19-12-16-15-10(5-13)17(12)8(2)3/h6,8H,4-5,7,13H2,1-3H3. The Hall–Kier alpha value is -0.920. The van der Waals surface area contributed by atoms with Crippen molar-refractivity contribution in [3.05, 3.63) is 21.9 Å². The van der Waals surface area contributed by atoms with Crippen molar-refractivity contribution in [2.45, 2.75) is 50.7 Å². The van der Waals surface area contributed by atoms with Crippen LogP contribution in [0.4, 0.5) is 0 Å². The predicted molar refractivity (Wildman–Crippen MR) is 79.4 cm³/mol. The van der Waals surface area contributed by atoms with Gasteiger partial charge in [-0.15, -0.1) is 21.5 Å². The zero-order valence-electron chi connectivity index (χ0n) is 11.5. The molecule has 104 valence electrons. The molecule has 2 N–H and O–H groups in total. The Kier molecular flexibility index (Phi) is 4.95. The Morgan fingerprint density at radius 1 is 1.42 bits per heavy atom. The average molecular weight is 297 g/mol. The number of rotatable bonds is 6. The molecule has 2 aromatic rings. The van der Waals surface area contributed by atoms with Gasteiger partial charge >= 0.3 is 0 Å². The van der Waals surface area contributed by atoms with Gasteiger partial charge in [-0.3, -0.25) is 0 Å². The summed E-state index contributed by atoms with van der Waals surface area (Å²) in [5.74, 6) is 1.66. The van der Waals surface area contributed by atoms with Crippen LogP contribution in [0.3, 0.4) is 0 Å². The molecule has 0 amide bonds. The molecule has 2 heterocycles. The molecule has 0 bridgehead atoms. The first kappa shape index (κ1) is 14.5. The SMILES string of the molecule is CCc1nc(CSc2nnc(CN)n2C(C)C)cs1. The molecule has 0 fully saturated rings. The number of hydrogen-bond acceptors (Lipinski definition) is 6. The van der Waals surface area contributed by atoms with Crippen molar-refractivity contribution in [2.24, 2.45) is 5.73 Å². The number of thioether (sulfide) groups is 1. The second kappa shape index (κ2) is 6.49. The van der Waals surface area contributed by atoms with Gasteiger partial charge in [-0.2, -0.15) is 0 Å². The zero-order valence-corrected chi connectivity index (χ0v) is 13.1. The van der Waals surface area contributed by atoms with Crippen LogP contribution >= 0.6 is 23.1 Å². The lowest BCUT2D eigenvalue weighted by Crippen LogP contribution is -2.11. The minimum atomic E-state index is 0.317. The van der Waals surface area contributed by atoms with Gasteiger partial charge in [-0.1, -0.05) is 18.7 Å². The molecule has 0 aliphatic rings. The molecule has 2 aromatic heterocycles. The third kappa shape index (κ3) is 3.34. The molecular weight excluding hydrogens is 278 g/mol. The molecule has 0 aliphatic heterocycles. The molecule has 0 unspecified atom stereocenters. The van der Waals surface area contributed by atoms with Gasteiger partial charge in [0.2, 0.25) is 0 Å². The van der Waals surface area contributed by atoms with E-state index in [4.69, 9.17) is 5.73 Å². The Balaban J connectivity index is 2.08. The summed E-state index contributed by atoms with van der Waals surface area (Å²) in [4.78, 5) is 4.56. The molecule has 5 nitrogen and oxygen atoms in total. The fraction of sp³-hybridized carbons (Fsp3) is 0.583. The molecule has 0 saturated heterocycles. The Morgan fingerprint density at radius 3 is 2.79 bits per heavy atom. The van der Waals surface area contributed by atoms with E-state index in [9.17, 15) is 0 Å². The van der Waals surface area contributed by atoms with Crippen molar-refractivity contribution in [3.63, 3.8) is 0 Å². The molecule has 2 rings (SSSR count). The first-order valence-electron chi connectivity index (χ1n) is 6.35. The van der Waals surface area contributed by atoms with Crippen LogP contribution in [0.5, 0.6) is 0 Å². The number of hydrogen-bond donors (Lipinski definition) is 1. The van der Waals surface area contributed by atoms with Crippen molar-refractivity contribution < 1.29 is 0 Å². The molecule has 19 heavy (non-hydrogen) atoms. The smallest absolute Gasteiger partial charge is 0.191 e. The molecule has 0 saturated carbocycles. The highest BCUT2D eigenvalue weighted by Crippen LogP contribution is 2.25. The van der Waals surface area contributed by atoms with E-state index >= 15 is 0 Å². The summed E-state index contributed by atoms with van der Waals surface area (Å²) < 4.78 is 2.10. The number of aromatic nitrogens is 4. The van der Waals surface area contributed by atoms with Crippen LogP contribution in [0.1, 0.15) is 43.3 Å². The van der Waals surface area contributed by atoms with E-state index in [-0.39, 0.29) is 0 Å². The lowest BCUT2D eigenvalue weighted by molar-refractivity contribution is 0.526. The maximum absolute atomic E-state index is 5.69. The second-order valence-corrected chi connectivity index (χ2v) is 6.33. The largest absolute Gasteiger partial charge is 0.324 e. The van der Waals surface area contributed by atoms with Crippen LogP contribution in [0.25, 0.3) is 0 Å². The normalized spacial score (nSPS) is 11.4. The molecule has 7 heteroatoms. The Labute approximate surface area is 121 Å². The summed E-state index contributed by atoms with van der Waals surface area (Å²) in [6.45, 7) is 6.77. The third-order valence-electron chi connectivity index (χ3n) is 2.69. The van der Waals surface area contributed by atoms with Crippen LogP contribution in [0, 0.1) is 0 Å². The lowest BCUT2D eigenvalue weighted by Gasteiger charge is -2.12. The quantitative estimate of drug-likeness (QED) is 0.830. The summed E-state index contributed by atoms with van der Waals surface area (Å²) in [5, 5.41) is 12.6. The van der Waals surface area contributed by atoms with Crippen LogP contribution in [0.15, 0.2) is 10.5 Å². The van der Waals surface area contributed by atoms with Gasteiger partial charge in [0.1, 0.15) is 5.82 Å².